The highest BCUT2D eigenvalue weighted by Gasteiger charge is 2.17. The summed E-state index contributed by atoms with van der Waals surface area (Å²) in [6.07, 6.45) is 1.35. The minimum absolute atomic E-state index is 0.628. The van der Waals surface area contributed by atoms with Gasteiger partial charge in [-0.1, -0.05) is 0 Å². The van der Waals surface area contributed by atoms with Crippen molar-refractivity contribution in [3.8, 4) is 11.5 Å². The van der Waals surface area contributed by atoms with Gasteiger partial charge in [-0.2, -0.15) is 11.8 Å². The van der Waals surface area contributed by atoms with Crippen molar-refractivity contribution < 1.29 is 9.47 Å². The normalized spacial score (nSPS) is 21.6. The number of fused-ring (bicyclic) bond motifs is 1. The second-order valence-electron chi connectivity index (χ2n) is 4.96. The fourth-order valence-electron chi connectivity index (χ4n) is 2.43. The topological polar surface area (TPSA) is 30.5 Å². The number of hydrogen-bond acceptors (Lipinski definition) is 4. The molecule has 19 heavy (non-hydrogen) atoms. The van der Waals surface area contributed by atoms with Crippen molar-refractivity contribution in [2.24, 2.45) is 5.92 Å². The Morgan fingerprint density at radius 1 is 1.32 bits per heavy atom. The molecule has 0 radical (unpaired) electrons. The molecule has 0 spiro atoms. The fourth-order valence-corrected chi connectivity index (χ4v) is 4.32. The molecule has 1 fully saturated rings. The van der Waals surface area contributed by atoms with Crippen LogP contribution < -0.4 is 14.8 Å². The highest BCUT2D eigenvalue weighted by Crippen LogP contribution is 2.38. The van der Waals surface area contributed by atoms with Crippen LogP contribution in [0.15, 0.2) is 16.6 Å². The van der Waals surface area contributed by atoms with Crippen molar-refractivity contribution >= 4 is 27.7 Å². The van der Waals surface area contributed by atoms with Crippen molar-refractivity contribution in [2.75, 3.05) is 31.3 Å². The lowest BCUT2D eigenvalue weighted by Crippen LogP contribution is -2.22. The lowest BCUT2D eigenvalue weighted by atomic mass is 10.1. The lowest BCUT2D eigenvalue weighted by Gasteiger charge is -2.20. The number of ether oxygens (including phenoxy) is 2. The van der Waals surface area contributed by atoms with Crippen LogP contribution >= 0.6 is 27.7 Å². The van der Waals surface area contributed by atoms with Crippen molar-refractivity contribution in [1.82, 2.24) is 5.32 Å². The molecule has 2 heterocycles. The standard InChI is InChI=1S/C14H18BrNO2S/c15-12-5-11(6-13-14(12)18-3-2-17-13)8-16-7-10-1-4-19-9-10/h5-6,10,16H,1-4,7-9H2. The molecule has 104 valence electrons. The van der Waals surface area contributed by atoms with Gasteiger partial charge in [0.25, 0.3) is 0 Å². The minimum atomic E-state index is 0.628. The van der Waals surface area contributed by atoms with Crippen LogP contribution in [0.4, 0.5) is 0 Å². The molecule has 2 aliphatic rings. The Hall–Kier alpha value is -0.390. The molecule has 2 aliphatic heterocycles. The summed E-state index contributed by atoms with van der Waals surface area (Å²) in [7, 11) is 0. The quantitative estimate of drug-likeness (QED) is 0.910. The van der Waals surface area contributed by atoms with Crippen molar-refractivity contribution in [1.29, 1.82) is 0 Å². The molecule has 1 atom stereocenters. The highest BCUT2D eigenvalue weighted by atomic mass is 79.9. The molecule has 5 heteroatoms. The van der Waals surface area contributed by atoms with Crippen LogP contribution in [0.1, 0.15) is 12.0 Å². The molecule has 1 aromatic rings. The third kappa shape index (κ3) is 3.38. The second-order valence-corrected chi connectivity index (χ2v) is 6.97. The summed E-state index contributed by atoms with van der Waals surface area (Å²) >= 11 is 5.62. The molecule has 1 saturated heterocycles. The van der Waals surface area contributed by atoms with E-state index < -0.39 is 0 Å². The zero-order valence-electron chi connectivity index (χ0n) is 10.8. The first kappa shape index (κ1) is 13.6. The average Bonchev–Trinajstić information content (AvgIpc) is 2.92. The van der Waals surface area contributed by atoms with Gasteiger partial charge in [0, 0.05) is 6.54 Å². The van der Waals surface area contributed by atoms with Crippen molar-refractivity contribution in [3.05, 3.63) is 22.2 Å². The van der Waals surface area contributed by atoms with Gasteiger partial charge in [-0.3, -0.25) is 0 Å². The van der Waals surface area contributed by atoms with Crippen LogP contribution in [0.3, 0.4) is 0 Å². The summed E-state index contributed by atoms with van der Waals surface area (Å²) in [5.41, 5.74) is 1.24. The summed E-state index contributed by atoms with van der Waals surface area (Å²) in [4.78, 5) is 0. The van der Waals surface area contributed by atoms with E-state index in [9.17, 15) is 0 Å². The van der Waals surface area contributed by atoms with Crippen molar-refractivity contribution in [2.45, 2.75) is 13.0 Å². The zero-order chi connectivity index (χ0) is 13.1. The molecule has 0 bridgehead atoms. The molecule has 3 nitrogen and oxygen atoms in total. The second kappa shape index (κ2) is 6.37. The number of nitrogens with one attached hydrogen (secondary N) is 1. The first-order valence-electron chi connectivity index (χ1n) is 6.69. The number of rotatable bonds is 4. The van der Waals surface area contributed by atoms with E-state index in [0.717, 1.165) is 35.0 Å². The number of benzene rings is 1. The van der Waals surface area contributed by atoms with Gasteiger partial charge in [0.15, 0.2) is 11.5 Å². The van der Waals surface area contributed by atoms with E-state index in [2.05, 4.69) is 45.1 Å². The van der Waals surface area contributed by atoms with Gasteiger partial charge in [0.2, 0.25) is 0 Å². The fraction of sp³-hybridized carbons (Fsp3) is 0.571. The maximum atomic E-state index is 5.64. The van der Waals surface area contributed by atoms with Crippen LogP contribution in [0.25, 0.3) is 0 Å². The largest absolute Gasteiger partial charge is 0.486 e. The van der Waals surface area contributed by atoms with E-state index in [4.69, 9.17) is 9.47 Å². The maximum Gasteiger partial charge on any atom is 0.175 e. The van der Waals surface area contributed by atoms with Gasteiger partial charge in [-0.05, 0) is 64.0 Å². The van der Waals surface area contributed by atoms with Gasteiger partial charge in [0.1, 0.15) is 13.2 Å². The molecule has 0 amide bonds. The van der Waals surface area contributed by atoms with Gasteiger partial charge in [-0.25, -0.2) is 0 Å². The van der Waals surface area contributed by atoms with Crippen LogP contribution in [0.5, 0.6) is 11.5 Å². The number of halogens is 1. The van der Waals surface area contributed by atoms with E-state index >= 15 is 0 Å². The monoisotopic (exact) mass is 343 g/mol. The molecule has 1 unspecified atom stereocenters. The van der Waals surface area contributed by atoms with Gasteiger partial charge in [-0.15, -0.1) is 0 Å². The van der Waals surface area contributed by atoms with Crippen LogP contribution in [0.2, 0.25) is 0 Å². The SMILES string of the molecule is Brc1cc(CNCC2CCSC2)cc2c1OCCO2. The molecular weight excluding hydrogens is 326 g/mol. The van der Waals surface area contributed by atoms with E-state index in [-0.39, 0.29) is 0 Å². The van der Waals surface area contributed by atoms with E-state index in [1.165, 1.54) is 23.5 Å². The Labute approximate surface area is 126 Å². The molecule has 0 saturated carbocycles. The first-order valence-corrected chi connectivity index (χ1v) is 8.64. The van der Waals surface area contributed by atoms with E-state index in [1.807, 2.05) is 0 Å². The van der Waals surface area contributed by atoms with Gasteiger partial charge in [0.05, 0.1) is 4.47 Å². The Bertz CT molecular complexity index is 449. The first-order chi connectivity index (χ1) is 9.33. The molecular formula is C14H18BrNO2S. The maximum absolute atomic E-state index is 5.64. The molecule has 0 aliphatic carbocycles. The lowest BCUT2D eigenvalue weighted by molar-refractivity contribution is 0.170. The molecule has 3 rings (SSSR count). The van der Waals surface area contributed by atoms with Gasteiger partial charge >= 0.3 is 0 Å². The molecule has 1 N–H and O–H groups in total. The van der Waals surface area contributed by atoms with Gasteiger partial charge < -0.3 is 14.8 Å². The number of hydrogen-bond donors (Lipinski definition) is 1. The Morgan fingerprint density at radius 3 is 3.05 bits per heavy atom. The Morgan fingerprint density at radius 2 is 2.21 bits per heavy atom. The summed E-state index contributed by atoms with van der Waals surface area (Å²) in [6, 6.07) is 4.19. The Kier molecular flexibility index (Phi) is 4.56. The smallest absolute Gasteiger partial charge is 0.175 e. The predicted molar refractivity (Wildman–Crippen MR) is 82.3 cm³/mol. The third-order valence-corrected chi connectivity index (χ3v) is 5.26. The summed E-state index contributed by atoms with van der Waals surface area (Å²) < 4.78 is 12.2. The van der Waals surface area contributed by atoms with Crippen LogP contribution in [-0.2, 0) is 6.54 Å². The predicted octanol–water partition coefficient (Wildman–Crippen LogP) is 3.06. The van der Waals surface area contributed by atoms with E-state index in [1.54, 1.807) is 0 Å². The van der Waals surface area contributed by atoms with Crippen molar-refractivity contribution in [3.63, 3.8) is 0 Å². The third-order valence-electron chi connectivity index (χ3n) is 3.44. The van der Waals surface area contributed by atoms with Crippen LogP contribution in [0, 0.1) is 5.92 Å². The molecule has 0 aromatic heterocycles. The average molecular weight is 344 g/mol. The van der Waals surface area contributed by atoms with E-state index in [0.29, 0.717) is 13.2 Å². The zero-order valence-corrected chi connectivity index (χ0v) is 13.2. The minimum Gasteiger partial charge on any atom is -0.486 e. The molecule has 1 aromatic carbocycles. The summed E-state index contributed by atoms with van der Waals surface area (Å²) in [5, 5.41) is 3.55. The highest BCUT2D eigenvalue weighted by molar-refractivity contribution is 9.10. The Balaban J connectivity index is 1.59. The van der Waals surface area contributed by atoms with Crippen LogP contribution in [-0.4, -0.2) is 31.3 Å². The summed E-state index contributed by atoms with van der Waals surface area (Å²) in [6.45, 7) is 3.26. The summed E-state index contributed by atoms with van der Waals surface area (Å²) in [5.74, 6) is 5.15. The number of thioether (sulfide) groups is 1.